The molecule has 0 radical (unpaired) electrons. The van der Waals surface area contributed by atoms with Crippen molar-refractivity contribution in [2.75, 3.05) is 33.8 Å². The third-order valence-electron chi connectivity index (χ3n) is 11.5. The number of aromatic nitrogens is 2. The maximum Gasteiger partial charge on any atom is 0.280 e. The summed E-state index contributed by atoms with van der Waals surface area (Å²) in [7, 11) is 3.00. The van der Waals surface area contributed by atoms with Crippen LogP contribution in [0.4, 0.5) is 22.7 Å². The van der Waals surface area contributed by atoms with Gasteiger partial charge in [-0.25, -0.2) is 0 Å². The highest BCUT2D eigenvalue weighted by Crippen LogP contribution is 2.44. The van der Waals surface area contributed by atoms with Gasteiger partial charge in [-0.05, 0) is 74.2 Å². The van der Waals surface area contributed by atoms with Crippen LogP contribution >= 0.6 is 0 Å². The lowest BCUT2D eigenvalue weighted by molar-refractivity contribution is -0.118. The van der Waals surface area contributed by atoms with E-state index in [4.69, 9.17) is 14.0 Å². The Balaban J connectivity index is 0.000000190. The van der Waals surface area contributed by atoms with E-state index in [-0.39, 0.29) is 47.8 Å². The Bertz CT molecular complexity index is 2560. The Kier molecular flexibility index (Phi) is 13.3. The quantitative estimate of drug-likeness (QED) is 0.139. The Hall–Kier alpha value is -7.28. The van der Waals surface area contributed by atoms with E-state index < -0.39 is 0 Å². The number of nitrogens with zero attached hydrogens (tertiary/aromatic N) is 6. The number of aryl methyl sites for hydroxylation is 1. The van der Waals surface area contributed by atoms with Gasteiger partial charge in [0.05, 0.1) is 31.9 Å². The first kappa shape index (κ1) is 43.8. The molecule has 0 bridgehead atoms. The van der Waals surface area contributed by atoms with Gasteiger partial charge in [-0.1, -0.05) is 84.9 Å². The zero-order valence-electron chi connectivity index (χ0n) is 36.6. The lowest BCUT2D eigenvalue weighted by atomic mass is 9.89. The number of para-hydroxylation sites is 4. The largest absolute Gasteiger partial charge is 0.481 e. The molecule has 8 rings (SSSR count). The van der Waals surface area contributed by atoms with E-state index in [2.05, 4.69) is 10.1 Å². The monoisotopic (exact) mass is 848 g/mol. The Labute approximate surface area is 367 Å². The molecule has 63 heavy (non-hydrogen) atoms. The van der Waals surface area contributed by atoms with Gasteiger partial charge >= 0.3 is 0 Å². The highest BCUT2D eigenvalue weighted by molar-refractivity contribution is 6.08. The topological polar surface area (TPSA) is 139 Å². The van der Waals surface area contributed by atoms with Crippen LogP contribution in [0.25, 0.3) is 0 Å². The fourth-order valence-electron chi connectivity index (χ4n) is 8.67. The van der Waals surface area contributed by atoms with Crippen LogP contribution in [-0.2, 0) is 16.0 Å². The van der Waals surface area contributed by atoms with E-state index in [0.29, 0.717) is 48.0 Å². The number of fused-ring (bicyclic) bond motifs is 2. The fraction of sp³-hybridized carbons (Fsp3) is 0.280. The number of pyridine rings is 1. The lowest BCUT2D eigenvalue weighted by Gasteiger charge is -2.43. The molecule has 0 saturated carbocycles. The smallest absolute Gasteiger partial charge is 0.280 e. The second kappa shape index (κ2) is 19.2. The summed E-state index contributed by atoms with van der Waals surface area (Å²) in [6.07, 6.45) is 1.89. The standard InChI is InChI=1S/C26H27N3O4.C24H25N3O3/c1-17-14-23(29(18(2)30)20-10-6-5-7-11-20)21-12-8-9-13-22(21)28(17)26(31)19-15-24(32-3)27-25(16-19)33-4;1-4-19-15-21(25-30-19)24(29)26-16(2)14-23(20-12-8-9-13-22(20)26)27(17(3)28)18-10-6-5-7-11-18/h5-13,15-17,23H,14H2,1-4H3;5-13,15-16,23H,4,14H2,1-3H3/t17-,23+;16-,23+/m11/s1. The lowest BCUT2D eigenvalue weighted by Crippen LogP contribution is -2.47. The Morgan fingerprint density at radius 1 is 0.635 bits per heavy atom. The van der Waals surface area contributed by atoms with Gasteiger partial charge in [0.1, 0.15) is 5.76 Å². The van der Waals surface area contributed by atoms with E-state index in [1.807, 2.05) is 140 Å². The average Bonchev–Trinajstić information content (AvgIpc) is 3.79. The molecule has 4 aromatic carbocycles. The first-order valence-electron chi connectivity index (χ1n) is 21.1. The first-order valence-corrected chi connectivity index (χ1v) is 21.1. The molecule has 0 saturated heterocycles. The van der Waals surface area contributed by atoms with Gasteiger partial charge in [0.15, 0.2) is 5.69 Å². The molecule has 6 aromatic rings. The van der Waals surface area contributed by atoms with Crippen molar-refractivity contribution >= 4 is 46.4 Å². The van der Waals surface area contributed by atoms with Gasteiger partial charge in [0, 0.05) is 73.3 Å². The molecule has 0 unspecified atom stereocenters. The number of carbonyl (C=O) groups excluding carboxylic acids is 4. The van der Waals surface area contributed by atoms with Crippen molar-refractivity contribution in [3.8, 4) is 11.8 Å². The zero-order valence-corrected chi connectivity index (χ0v) is 36.6. The van der Waals surface area contributed by atoms with E-state index >= 15 is 0 Å². The predicted octanol–water partition coefficient (Wildman–Crippen LogP) is 9.40. The Morgan fingerprint density at radius 3 is 1.48 bits per heavy atom. The van der Waals surface area contributed by atoms with Gasteiger partial charge in [-0.2, -0.15) is 4.98 Å². The number of ether oxygens (including phenoxy) is 2. The van der Waals surface area contributed by atoms with Gasteiger partial charge in [0.2, 0.25) is 23.6 Å². The summed E-state index contributed by atoms with van der Waals surface area (Å²) in [5.41, 5.74) is 5.86. The fourth-order valence-corrected chi connectivity index (χ4v) is 8.67. The first-order chi connectivity index (χ1) is 30.4. The maximum absolute atomic E-state index is 13.7. The minimum absolute atomic E-state index is 0.0305. The van der Waals surface area contributed by atoms with Crippen LogP contribution in [0.2, 0.25) is 0 Å². The third-order valence-corrected chi connectivity index (χ3v) is 11.5. The highest BCUT2D eigenvalue weighted by atomic mass is 16.5. The molecule has 4 atom stereocenters. The van der Waals surface area contributed by atoms with Crippen molar-refractivity contribution in [1.82, 2.24) is 10.1 Å². The summed E-state index contributed by atoms with van der Waals surface area (Å²) < 4.78 is 15.7. The minimum Gasteiger partial charge on any atom is -0.481 e. The van der Waals surface area contributed by atoms with Gasteiger partial charge < -0.3 is 33.6 Å². The predicted molar refractivity (Wildman–Crippen MR) is 243 cm³/mol. The van der Waals surface area contributed by atoms with Crippen LogP contribution in [0.5, 0.6) is 11.8 Å². The zero-order chi connectivity index (χ0) is 44.8. The molecule has 13 nitrogen and oxygen atoms in total. The summed E-state index contributed by atoms with van der Waals surface area (Å²) in [4.78, 5) is 63.8. The van der Waals surface area contributed by atoms with E-state index in [1.54, 1.807) is 41.8 Å². The molecular formula is C50H52N6O7. The number of hydrogen-bond donors (Lipinski definition) is 0. The third kappa shape index (κ3) is 9.04. The molecule has 13 heteroatoms. The second-order valence-corrected chi connectivity index (χ2v) is 15.6. The van der Waals surface area contributed by atoms with Gasteiger partial charge in [0.25, 0.3) is 11.8 Å². The van der Waals surface area contributed by atoms with Crippen LogP contribution in [0, 0.1) is 0 Å². The molecule has 4 heterocycles. The van der Waals surface area contributed by atoms with Crippen molar-refractivity contribution in [1.29, 1.82) is 0 Å². The second-order valence-electron chi connectivity index (χ2n) is 15.6. The van der Waals surface area contributed by atoms with Crippen LogP contribution in [-0.4, -0.2) is 60.1 Å². The summed E-state index contributed by atoms with van der Waals surface area (Å²) >= 11 is 0. The van der Waals surface area contributed by atoms with Crippen molar-refractivity contribution in [2.24, 2.45) is 0 Å². The summed E-state index contributed by atoms with van der Waals surface area (Å²) in [6.45, 7) is 9.12. The number of amides is 4. The van der Waals surface area contributed by atoms with Crippen molar-refractivity contribution in [3.63, 3.8) is 0 Å². The molecule has 2 aromatic heterocycles. The molecule has 2 aliphatic heterocycles. The molecule has 0 aliphatic carbocycles. The molecular weight excluding hydrogens is 797 g/mol. The van der Waals surface area contributed by atoms with Gasteiger partial charge in [-0.15, -0.1) is 0 Å². The molecule has 0 N–H and O–H groups in total. The van der Waals surface area contributed by atoms with Crippen LogP contribution < -0.4 is 29.1 Å². The average molecular weight is 849 g/mol. The minimum atomic E-state index is -0.193. The van der Waals surface area contributed by atoms with Gasteiger partial charge in [-0.3, -0.25) is 19.2 Å². The summed E-state index contributed by atoms with van der Waals surface area (Å²) in [5, 5.41) is 3.97. The van der Waals surface area contributed by atoms with Crippen LogP contribution in [0.3, 0.4) is 0 Å². The van der Waals surface area contributed by atoms with E-state index in [1.165, 1.54) is 14.2 Å². The normalized spacial score (nSPS) is 17.6. The van der Waals surface area contributed by atoms with Crippen molar-refractivity contribution in [2.45, 2.75) is 78.0 Å². The van der Waals surface area contributed by atoms with Crippen molar-refractivity contribution < 1.29 is 33.2 Å². The summed E-state index contributed by atoms with van der Waals surface area (Å²) in [6, 6.07) is 39.1. The van der Waals surface area contributed by atoms with E-state index in [9.17, 15) is 19.2 Å². The number of methoxy groups -OCH3 is 2. The number of anilines is 4. The Morgan fingerprint density at radius 2 is 1.06 bits per heavy atom. The number of carbonyl (C=O) groups is 4. The molecule has 4 amide bonds. The van der Waals surface area contributed by atoms with E-state index in [0.717, 1.165) is 33.9 Å². The maximum atomic E-state index is 13.7. The number of rotatable bonds is 9. The van der Waals surface area contributed by atoms with Crippen LogP contribution in [0.15, 0.2) is 132 Å². The highest BCUT2D eigenvalue weighted by Gasteiger charge is 2.40. The number of hydrogen-bond acceptors (Lipinski definition) is 9. The molecule has 0 spiro atoms. The SMILES string of the molecule is CCc1cc(C(=O)N2c3ccccc3[C@@H](N(C(C)=O)c3ccccc3)C[C@H]2C)no1.COc1cc(C(=O)N2c3ccccc3[C@@H](N(C(C)=O)c3ccccc3)C[C@H]2C)cc(OC)n1. The van der Waals surface area contributed by atoms with Crippen LogP contribution in [0.1, 0.15) is 97.3 Å². The molecule has 0 fully saturated rings. The summed E-state index contributed by atoms with van der Waals surface area (Å²) in [5.74, 6) is 0.850. The molecule has 324 valence electrons. The number of benzene rings is 4. The van der Waals surface area contributed by atoms with Crippen molar-refractivity contribution in [3.05, 3.63) is 156 Å². The molecule has 2 aliphatic rings.